The molecule has 1 aromatic carbocycles. The maximum Gasteiger partial charge on any atom is 0.191 e. The number of nitrogens with zero attached hydrogens (tertiary/aromatic N) is 3. The first-order chi connectivity index (χ1) is 10.8. The fourth-order valence-electron chi connectivity index (χ4n) is 3.14. The fraction of sp³-hybridized carbons (Fsp3) is 0.529. The number of benzene rings is 1. The van der Waals surface area contributed by atoms with E-state index < -0.39 is 0 Å². The molecule has 0 radical (unpaired) electrons. The van der Waals surface area contributed by atoms with E-state index in [2.05, 4.69) is 21.7 Å². The molecule has 0 unspecified atom stereocenters. The van der Waals surface area contributed by atoms with Crippen molar-refractivity contribution in [1.82, 2.24) is 14.8 Å². The summed E-state index contributed by atoms with van der Waals surface area (Å²) in [6.45, 7) is 3.03. The van der Waals surface area contributed by atoms with Gasteiger partial charge in [0.25, 0.3) is 0 Å². The molecule has 0 atom stereocenters. The van der Waals surface area contributed by atoms with Gasteiger partial charge in [0.15, 0.2) is 5.16 Å². The van der Waals surface area contributed by atoms with Crippen molar-refractivity contribution in [3.8, 4) is 0 Å². The molecule has 0 aliphatic heterocycles. The molecular formula is C17H22FN3S. The van der Waals surface area contributed by atoms with Crippen molar-refractivity contribution in [1.29, 1.82) is 0 Å². The standard InChI is InChI=1S/C17H22FN3S/c1-2-21-16(14-8-4-3-5-9-14)19-20-17(21)22-12-13-7-6-10-15(18)11-13/h6-7,10-11,14H,2-5,8-9,12H2,1H3. The van der Waals surface area contributed by atoms with Crippen LogP contribution < -0.4 is 0 Å². The zero-order valence-corrected chi connectivity index (χ0v) is 13.8. The SMILES string of the molecule is CCn1c(SCc2cccc(F)c2)nnc1C1CCCCC1. The number of aromatic nitrogens is 3. The Bertz CT molecular complexity index is 620. The summed E-state index contributed by atoms with van der Waals surface area (Å²) in [7, 11) is 0. The summed E-state index contributed by atoms with van der Waals surface area (Å²) < 4.78 is 15.5. The molecule has 0 spiro atoms. The van der Waals surface area contributed by atoms with Crippen LogP contribution in [-0.4, -0.2) is 14.8 Å². The minimum absolute atomic E-state index is 0.182. The number of hydrogen-bond acceptors (Lipinski definition) is 3. The number of halogens is 1. The summed E-state index contributed by atoms with van der Waals surface area (Å²) in [5, 5.41) is 9.79. The normalized spacial score (nSPS) is 16.1. The first kappa shape index (κ1) is 15.5. The minimum atomic E-state index is -0.182. The van der Waals surface area contributed by atoms with Crippen LogP contribution in [-0.2, 0) is 12.3 Å². The predicted octanol–water partition coefficient (Wildman–Crippen LogP) is 4.78. The molecule has 2 aromatic rings. The van der Waals surface area contributed by atoms with E-state index in [1.165, 1.54) is 38.2 Å². The van der Waals surface area contributed by atoms with Gasteiger partial charge in [-0.15, -0.1) is 10.2 Å². The maximum absolute atomic E-state index is 13.2. The molecule has 0 saturated heterocycles. The molecule has 0 amide bonds. The van der Waals surface area contributed by atoms with Gasteiger partial charge >= 0.3 is 0 Å². The number of thioether (sulfide) groups is 1. The van der Waals surface area contributed by atoms with Crippen LogP contribution in [0.4, 0.5) is 4.39 Å². The monoisotopic (exact) mass is 319 g/mol. The van der Waals surface area contributed by atoms with Crippen LogP contribution in [0.1, 0.15) is 56.3 Å². The summed E-state index contributed by atoms with van der Waals surface area (Å²) >= 11 is 1.64. The average molecular weight is 319 g/mol. The lowest BCUT2D eigenvalue weighted by molar-refractivity contribution is 0.413. The molecule has 1 saturated carbocycles. The average Bonchev–Trinajstić information content (AvgIpc) is 2.97. The summed E-state index contributed by atoms with van der Waals surface area (Å²) in [4.78, 5) is 0. The van der Waals surface area contributed by atoms with Crippen LogP contribution in [0.15, 0.2) is 29.4 Å². The third kappa shape index (κ3) is 3.51. The molecule has 1 aromatic heterocycles. The van der Waals surface area contributed by atoms with E-state index in [1.54, 1.807) is 23.9 Å². The topological polar surface area (TPSA) is 30.7 Å². The minimum Gasteiger partial charge on any atom is -0.306 e. The molecule has 1 aliphatic rings. The summed E-state index contributed by atoms with van der Waals surface area (Å²) in [5.74, 6) is 2.24. The highest BCUT2D eigenvalue weighted by molar-refractivity contribution is 7.98. The van der Waals surface area contributed by atoms with Crippen LogP contribution in [0.25, 0.3) is 0 Å². The van der Waals surface area contributed by atoms with Gasteiger partial charge in [0, 0.05) is 18.2 Å². The Morgan fingerprint density at radius 1 is 1.23 bits per heavy atom. The van der Waals surface area contributed by atoms with E-state index in [0.717, 1.165) is 28.8 Å². The zero-order valence-electron chi connectivity index (χ0n) is 13.0. The Morgan fingerprint density at radius 2 is 2.05 bits per heavy atom. The number of hydrogen-bond donors (Lipinski definition) is 0. The summed E-state index contributed by atoms with van der Waals surface area (Å²) in [6, 6.07) is 6.76. The molecule has 22 heavy (non-hydrogen) atoms. The summed E-state index contributed by atoms with van der Waals surface area (Å²) in [5.41, 5.74) is 0.981. The Kier molecular flexibility index (Phi) is 5.13. The smallest absolute Gasteiger partial charge is 0.191 e. The van der Waals surface area contributed by atoms with Crippen LogP contribution in [0.5, 0.6) is 0 Å². The van der Waals surface area contributed by atoms with Crippen LogP contribution >= 0.6 is 11.8 Å². The Labute approximate surface area is 135 Å². The maximum atomic E-state index is 13.2. The quantitative estimate of drug-likeness (QED) is 0.743. The van der Waals surface area contributed by atoms with Gasteiger partial charge in [-0.3, -0.25) is 0 Å². The van der Waals surface area contributed by atoms with Crippen LogP contribution in [0.3, 0.4) is 0 Å². The second kappa shape index (κ2) is 7.27. The lowest BCUT2D eigenvalue weighted by atomic mass is 9.89. The van der Waals surface area contributed by atoms with Crippen molar-refractivity contribution in [3.05, 3.63) is 41.5 Å². The molecule has 0 N–H and O–H groups in total. The Hall–Kier alpha value is -1.36. The van der Waals surface area contributed by atoms with E-state index in [-0.39, 0.29) is 5.82 Å². The molecule has 1 fully saturated rings. The predicted molar refractivity (Wildman–Crippen MR) is 87.5 cm³/mol. The van der Waals surface area contributed by atoms with Crippen molar-refractivity contribution < 1.29 is 4.39 Å². The second-order valence-corrected chi connectivity index (χ2v) is 6.78. The largest absolute Gasteiger partial charge is 0.306 e. The van der Waals surface area contributed by atoms with Crippen LogP contribution in [0.2, 0.25) is 0 Å². The highest BCUT2D eigenvalue weighted by atomic mass is 32.2. The van der Waals surface area contributed by atoms with E-state index >= 15 is 0 Å². The molecule has 1 aliphatic carbocycles. The van der Waals surface area contributed by atoms with Crippen molar-refractivity contribution in [3.63, 3.8) is 0 Å². The zero-order chi connectivity index (χ0) is 15.4. The van der Waals surface area contributed by atoms with E-state index in [1.807, 2.05) is 6.07 Å². The van der Waals surface area contributed by atoms with Crippen LogP contribution in [0, 0.1) is 5.82 Å². The van der Waals surface area contributed by atoms with Crippen molar-refractivity contribution >= 4 is 11.8 Å². The highest BCUT2D eigenvalue weighted by Crippen LogP contribution is 2.33. The van der Waals surface area contributed by atoms with Crippen molar-refractivity contribution in [2.24, 2.45) is 0 Å². The third-order valence-electron chi connectivity index (χ3n) is 4.29. The third-order valence-corrected chi connectivity index (χ3v) is 5.33. The lowest BCUT2D eigenvalue weighted by Crippen LogP contribution is -2.12. The molecule has 0 bridgehead atoms. The van der Waals surface area contributed by atoms with Gasteiger partial charge < -0.3 is 4.57 Å². The van der Waals surface area contributed by atoms with E-state index in [4.69, 9.17) is 0 Å². The van der Waals surface area contributed by atoms with Gasteiger partial charge in [-0.25, -0.2) is 4.39 Å². The molecule has 118 valence electrons. The van der Waals surface area contributed by atoms with Crippen molar-refractivity contribution in [2.75, 3.05) is 0 Å². The van der Waals surface area contributed by atoms with Gasteiger partial charge in [0.1, 0.15) is 11.6 Å². The Morgan fingerprint density at radius 3 is 2.77 bits per heavy atom. The molecule has 1 heterocycles. The second-order valence-electron chi connectivity index (χ2n) is 5.84. The molecule has 5 heteroatoms. The fourth-order valence-corrected chi connectivity index (χ4v) is 4.09. The van der Waals surface area contributed by atoms with E-state index in [0.29, 0.717) is 5.92 Å². The molecular weight excluding hydrogens is 297 g/mol. The first-order valence-corrected chi connectivity index (χ1v) is 9.07. The highest BCUT2D eigenvalue weighted by Gasteiger charge is 2.22. The lowest BCUT2D eigenvalue weighted by Gasteiger charge is -2.21. The van der Waals surface area contributed by atoms with Gasteiger partial charge in [0.2, 0.25) is 0 Å². The Balaban J connectivity index is 1.72. The molecule has 3 rings (SSSR count). The van der Waals surface area contributed by atoms with Gasteiger partial charge in [0.05, 0.1) is 0 Å². The van der Waals surface area contributed by atoms with Gasteiger partial charge in [-0.1, -0.05) is 43.2 Å². The van der Waals surface area contributed by atoms with E-state index in [9.17, 15) is 4.39 Å². The summed E-state index contributed by atoms with van der Waals surface area (Å²) in [6.07, 6.45) is 6.40. The first-order valence-electron chi connectivity index (χ1n) is 8.08. The van der Waals surface area contributed by atoms with Gasteiger partial charge in [-0.05, 0) is 37.5 Å². The number of rotatable bonds is 5. The van der Waals surface area contributed by atoms with Crippen molar-refractivity contribution in [2.45, 2.75) is 62.4 Å². The molecule has 3 nitrogen and oxygen atoms in total. The van der Waals surface area contributed by atoms with Gasteiger partial charge in [-0.2, -0.15) is 0 Å².